The van der Waals surface area contributed by atoms with Crippen LogP contribution in [0.3, 0.4) is 0 Å². The SMILES string of the molecule is CCOC(=O)N1CCc2c(sc(NC(=O)c3ccc(C(C)=O)cc3)c2C#N)C1. The zero-order valence-corrected chi connectivity index (χ0v) is 16.4. The van der Waals surface area contributed by atoms with Crippen molar-refractivity contribution in [2.24, 2.45) is 0 Å². The summed E-state index contributed by atoms with van der Waals surface area (Å²) in [5.74, 6) is -0.428. The highest BCUT2D eigenvalue weighted by atomic mass is 32.1. The van der Waals surface area contributed by atoms with Crippen molar-refractivity contribution >= 4 is 34.1 Å². The van der Waals surface area contributed by atoms with Crippen LogP contribution in [0.25, 0.3) is 0 Å². The summed E-state index contributed by atoms with van der Waals surface area (Å²) in [7, 11) is 0. The Labute approximate surface area is 166 Å². The van der Waals surface area contributed by atoms with E-state index in [0.29, 0.717) is 47.8 Å². The molecule has 7 nitrogen and oxygen atoms in total. The molecule has 1 aromatic carbocycles. The second kappa shape index (κ2) is 8.23. The molecule has 144 valence electrons. The molecule has 0 bridgehead atoms. The van der Waals surface area contributed by atoms with Crippen LogP contribution < -0.4 is 5.32 Å². The number of hydrogen-bond acceptors (Lipinski definition) is 6. The number of rotatable bonds is 4. The van der Waals surface area contributed by atoms with Crippen molar-refractivity contribution < 1.29 is 19.1 Å². The normalized spacial score (nSPS) is 12.7. The van der Waals surface area contributed by atoms with Crippen molar-refractivity contribution in [1.29, 1.82) is 5.26 Å². The number of nitrogens with zero attached hydrogens (tertiary/aromatic N) is 2. The van der Waals surface area contributed by atoms with Gasteiger partial charge in [-0.05, 0) is 38.0 Å². The van der Waals surface area contributed by atoms with E-state index in [2.05, 4.69) is 11.4 Å². The summed E-state index contributed by atoms with van der Waals surface area (Å²) in [5.41, 5.74) is 2.24. The number of anilines is 1. The van der Waals surface area contributed by atoms with Crippen LogP contribution in [0.15, 0.2) is 24.3 Å². The molecular formula is C20H19N3O4S. The summed E-state index contributed by atoms with van der Waals surface area (Å²) < 4.78 is 5.04. The van der Waals surface area contributed by atoms with Gasteiger partial charge in [-0.3, -0.25) is 9.59 Å². The fourth-order valence-corrected chi connectivity index (χ4v) is 4.22. The number of carbonyl (C=O) groups excluding carboxylic acids is 3. The standard InChI is InChI=1S/C20H19N3O4S/c1-3-27-20(26)23-9-8-15-16(10-21)19(28-17(15)11-23)22-18(25)14-6-4-13(5-7-14)12(2)24/h4-7H,3,8-9,11H2,1-2H3,(H,22,25). The Bertz CT molecular complexity index is 973. The third kappa shape index (κ3) is 3.89. The minimum absolute atomic E-state index is 0.0733. The molecule has 0 aliphatic carbocycles. The fourth-order valence-electron chi connectivity index (χ4n) is 3.01. The van der Waals surface area contributed by atoms with Crippen LogP contribution in [-0.2, 0) is 17.7 Å². The van der Waals surface area contributed by atoms with Crippen LogP contribution >= 0.6 is 11.3 Å². The zero-order valence-electron chi connectivity index (χ0n) is 15.6. The van der Waals surface area contributed by atoms with Gasteiger partial charge in [0.2, 0.25) is 0 Å². The topological polar surface area (TPSA) is 99.5 Å². The molecule has 2 heterocycles. The van der Waals surface area contributed by atoms with Gasteiger partial charge in [-0.25, -0.2) is 4.79 Å². The van der Waals surface area contributed by atoms with Gasteiger partial charge in [0.15, 0.2) is 5.78 Å². The molecule has 1 aromatic heterocycles. The molecule has 0 saturated heterocycles. The first-order valence-electron chi connectivity index (χ1n) is 8.83. The molecule has 0 fully saturated rings. The molecule has 0 unspecified atom stereocenters. The van der Waals surface area contributed by atoms with Gasteiger partial charge < -0.3 is 15.0 Å². The summed E-state index contributed by atoms with van der Waals surface area (Å²) in [5, 5.41) is 12.8. The quantitative estimate of drug-likeness (QED) is 0.795. The maximum absolute atomic E-state index is 12.6. The number of Topliss-reactive ketones (excluding diaryl/α,β-unsaturated/α-hetero) is 1. The third-order valence-corrected chi connectivity index (χ3v) is 5.61. The lowest BCUT2D eigenvalue weighted by atomic mass is 10.0. The number of hydrogen-bond donors (Lipinski definition) is 1. The molecule has 0 spiro atoms. The first kappa shape index (κ1) is 19.6. The van der Waals surface area contributed by atoms with Gasteiger partial charge in [-0.15, -0.1) is 11.3 Å². The summed E-state index contributed by atoms with van der Waals surface area (Å²) in [6.45, 7) is 4.35. The molecule has 2 aromatic rings. The molecule has 1 aliphatic rings. The van der Waals surface area contributed by atoms with E-state index >= 15 is 0 Å². The first-order valence-corrected chi connectivity index (χ1v) is 9.65. The number of benzene rings is 1. The Morgan fingerprint density at radius 2 is 1.93 bits per heavy atom. The summed E-state index contributed by atoms with van der Waals surface area (Å²) in [6.07, 6.45) is 0.160. The van der Waals surface area contributed by atoms with Crippen LogP contribution in [0, 0.1) is 11.3 Å². The lowest BCUT2D eigenvalue weighted by molar-refractivity contribution is 0.100. The summed E-state index contributed by atoms with van der Waals surface area (Å²) in [4.78, 5) is 38.3. The van der Waals surface area contributed by atoms with E-state index in [-0.39, 0.29) is 17.8 Å². The molecule has 2 amide bonds. The number of thiophene rings is 1. The highest BCUT2D eigenvalue weighted by Gasteiger charge is 2.28. The summed E-state index contributed by atoms with van der Waals surface area (Å²) in [6, 6.07) is 8.52. The second-order valence-electron chi connectivity index (χ2n) is 6.28. The Hall–Kier alpha value is -3.18. The molecule has 0 saturated carbocycles. The van der Waals surface area contributed by atoms with Crippen molar-refractivity contribution in [2.45, 2.75) is 26.8 Å². The Morgan fingerprint density at radius 3 is 2.54 bits per heavy atom. The maximum Gasteiger partial charge on any atom is 0.410 e. The van der Waals surface area contributed by atoms with E-state index in [4.69, 9.17) is 4.74 Å². The van der Waals surface area contributed by atoms with Gasteiger partial charge in [-0.1, -0.05) is 12.1 Å². The lowest BCUT2D eigenvalue weighted by Gasteiger charge is -2.25. The smallest absolute Gasteiger partial charge is 0.410 e. The third-order valence-electron chi connectivity index (χ3n) is 4.48. The molecule has 8 heteroatoms. The second-order valence-corrected chi connectivity index (χ2v) is 7.38. The van der Waals surface area contributed by atoms with E-state index in [9.17, 15) is 19.6 Å². The van der Waals surface area contributed by atoms with Gasteiger partial charge in [0, 0.05) is 22.5 Å². The van der Waals surface area contributed by atoms with Gasteiger partial charge in [0.1, 0.15) is 11.1 Å². The maximum atomic E-state index is 12.6. The van der Waals surface area contributed by atoms with Gasteiger partial charge in [-0.2, -0.15) is 5.26 Å². The number of ketones is 1. The Morgan fingerprint density at radius 1 is 1.25 bits per heavy atom. The minimum Gasteiger partial charge on any atom is -0.450 e. The Balaban J connectivity index is 1.80. The number of nitrogens with one attached hydrogen (secondary N) is 1. The van der Waals surface area contributed by atoms with Crippen molar-refractivity contribution in [3.8, 4) is 6.07 Å². The van der Waals surface area contributed by atoms with Gasteiger partial charge in [0.05, 0.1) is 18.7 Å². The fraction of sp³-hybridized carbons (Fsp3) is 0.300. The van der Waals surface area contributed by atoms with Crippen molar-refractivity contribution in [2.75, 3.05) is 18.5 Å². The van der Waals surface area contributed by atoms with Crippen LogP contribution in [0.1, 0.15) is 50.6 Å². The van der Waals surface area contributed by atoms with E-state index in [1.807, 2.05) is 0 Å². The van der Waals surface area contributed by atoms with Crippen LogP contribution in [0.2, 0.25) is 0 Å². The number of fused-ring (bicyclic) bond motifs is 1. The highest BCUT2D eigenvalue weighted by Crippen LogP contribution is 2.37. The van der Waals surface area contributed by atoms with E-state index in [1.165, 1.54) is 18.3 Å². The molecule has 1 aliphatic heterocycles. The van der Waals surface area contributed by atoms with E-state index in [0.717, 1.165) is 10.4 Å². The van der Waals surface area contributed by atoms with Crippen molar-refractivity contribution in [1.82, 2.24) is 4.90 Å². The van der Waals surface area contributed by atoms with E-state index < -0.39 is 0 Å². The number of nitriles is 1. The number of ether oxygens (including phenoxy) is 1. The highest BCUT2D eigenvalue weighted by molar-refractivity contribution is 7.16. The largest absolute Gasteiger partial charge is 0.450 e. The minimum atomic E-state index is -0.379. The first-order chi connectivity index (χ1) is 13.4. The predicted molar refractivity (Wildman–Crippen MR) is 105 cm³/mol. The van der Waals surface area contributed by atoms with Crippen LogP contribution in [0.5, 0.6) is 0 Å². The monoisotopic (exact) mass is 397 g/mol. The molecule has 0 radical (unpaired) electrons. The average molecular weight is 397 g/mol. The molecule has 3 rings (SSSR count). The Kier molecular flexibility index (Phi) is 5.76. The zero-order chi connectivity index (χ0) is 20.3. The predicted octanol–water partition coefficient (Wildman–Crippen LogP) is 3.59. The lowest BCUT2D eigenvalue weighted by Crippen LogP contribution is -2.35. The molecule has 1 N–H and O–H groups in total. The number of carbonyl (C=O) groups is 3. The average Bonchev–Trinajstić information content (AvgIpc) is 3.04. The molecular weight excluding hydrogens is 378 g/mol. The molecule has 28 heavy (non-hydrogen) atoms. The number of amides is 2. The van der Waals surface area contributed by atoms with Crippen molar-refractivity contribution in [3.63, 3.8) is 0 Å². The van der Waals surface area contributed by atoms with E-state index in [1.54, 1.807) is 36.1 Å². The van der Waals surface area contributed by atoms with Crippen molar-refractivity contribution in [3.05, 3.63) is 51.4 Å². The van der Waals surface area contributed by atoms with Gasteiger partial charge >= 0.3 is 6.09 Å². The van der Waals surface area contributed by atoms with Crippen LogP contribution in [0.4, 0.5) is 9.80 Å². The molecule has 0 atom stereocenters. The summed E-state index contributed by atoms with van der Waals surface area (Å²) >= 11 is 1.30. The van der Waals surface area contributed by atoms with Gasteiger partial charge in [0.25, 0.3) is 5.91 Å². The van der Waals surface area contributed by atoms with Crippen LogP contribution in [-0.4, -0.2) is 35.8 Å².